The van der Waals surface area contributed by atoms with E-state index in [2.05, 4.69) is 32.8 Å². The molecule has 0 bridgehead atoms. The summed E-state index contributed by atoms with van der Waals surface area (Å²) in [4.78, 5) is 20.4. The number of primary amides is 1. The molecular weight excluding hydrogens is 403 g/mol. The number of methoxy groups -OCH3 is 2. The van der Waals surface area contributed by atoms with Crippen molar-refractivity contribution in [2.75, 3.05) is 31.9 Å². The molecule has 0 aromatic carbocycles. The lowest BCUT2D eigenvalue weighted by molar-refractivity contribution is 0.100. The molecule has 0 fully saturated rings. The Bertz CT molecular complexity index is 873. The number of rotatable bonds is 12. The fraction of sp³-hybridized carbons (Fsp3) is 0.476. The highest BCUT2D eigenvalue weighted by atomic mass is 19.1. The number of pyridine rings is 2. The second-order valence-corrected chi connectivity index (χ2v) is 7.12. The van der Waals surface area contributed by atoms with Crippen molar-refractivity contribution in [1.29, 1.82) is 0 Å². The molecule has 0 radical (unpaired) electrons. The highest BCUT2D eigenvalue weighted by Crippen LogP contribution is 2.28. The van der Waals surface area contributed by atoms with Crippen LogP contribution < -0.4 is 31.2 Å². The van der Waals surface area contributed by atoms with Gasteiger partial charge in [0.15, 0.2) is 11.6 Å². The molecule has 0 spiro atoms. The number of hydrogen-bond donors (Lipinski definition) is 4. The van der Waals surface area contributed by atoms with E-state index >= 15 is 0 Å². The number of ether oxygens (including phenoxy) is 2. The van der Waals surface area contributed by atoms with Gasteiger partial charge in [0.25, 0.3) is 5.91 Å². The van der Waals surface area contributed by atoms with Crippen molar-refractivity contribution in [1.82, 2.24) is 15.3 Å². The van der Waals surface area contributed by atoms with Gasteiger partial charge in [-0.25, -0.2) is 9.37 Å². The predicted molar refractivity (Wildman–Crippen MR) is 119 cm³/mol. The van der Waals surface area contributed by atoms with Gasteiger partial charge in [0.05, 0.1) is 25.5 Å². The smallest absolute Gasteiger partial charge is 0.252 e. The molecule has 0 aliphatic carbocycles. The molecule has 0 saturated carbocycles. The average Bonchev–Trinajstić information content (AvgIpc) is 2.77. The van der Waals surface area contributed by atoms with Crippen molar-refractivity contribution in [2.24, 2.45) is 5.73 Å². The number of carbonyl (C=O) groups excluding carboxylic acids is 1. The molecule has 2 aromatic heterocycles. The minimum atomic E-state index is -0.806. The van der Waals surface area contributed by atoms with Crippen LogP contribution in [0.5, 0.6) is 11.8 Å². The van der Waals surface area contributed by atoms with Gasteiger partial charge in [0, 0.05) is 24.2 Å². The van der Waals surface area contributed by atoms with E-state index < -0.39 is 11.7 Å². The number of hydrogen-bond acceptors (Lipinski definition) is 8. The Balaban J connectivity index is 2.43. The van der Waals surface area contributed by atoms with E-state index in [-0.39, 0.29) is 29.3 Å². The monoisotopic (exact) mass is 434 g/mol. The third-order valence-corrected chi connectivity index (χ3v) is 4.95. The topological polar surface area (TPSA) is 123 Å². The summed E-state index contributed by atoms with van der Waals surface area (Å²) in [5, 5.41) is 9.35. The molecule has 2 atom stereocenters. The van der Waals surface area contributed by atoms with E-state index in [1.807, 2.05) is 14.0 Å². The van der Waals surface area contributed by atoms with Crippen molar-refractivity contribution in [3.63, 3.8) is 0 Å². The van der Waals surface area contributed by atoms with Crippen LogP contribution in [-0.2, 0) is 0 Å². The summed E-state index contributed by atoms with van der Waals surface area (Å²) < 4.78 is 25.1. The number of nitrogens with zero attached hydrogens (tertiary/aromatic N) is 2. The summed E-state index contributed by atoms with van der Waals surface area (Å²) in [5.41, 5.74) is 5.87. The maximum atomic E-state index is 14.8. The molecule has 0 aliphatic heterocycles. The Kier molecular flexibility index (Phi) is 8.80. The van der Waals surface area contributed by atoms with E-state index in [1.54, 1.807) is 12.1 Å². The second kappa shape index (κ2) is 11.3. The van der Waals surface area contributed by atoms with Crippen molar-refractivity contribution < 1.29 is 18.7 Å². The molecule has 170 valence electrons. The molecule has 0 saturated heterocycles. The standard InChI is InChI=1S/C21H31FN6O3/c1-6-7-8-16(12(2)24-3)26-21-15(22)11-14(19(23)29)20(28-21)25-13-9-17(30-4)27-18(10-13)31-5/h9-12,16,24H,6-8H2,1-5H3,(H2,23,29)(H2,25,26,27,28)/t12-,16+/m0/s1. The maximum absolute atomic E-state index is 14.8. The average molecular weight is 435 g/mol. The highest BCUT2D eigenvalue weighted by molar-refractivity contribution is 5.98. The third-order valence-electron chi connectivity index (χ3n) is 4.95. The fourth-order valence-corrected chi connectivity index (χ4v) is 3.02. The molecule has 1 amide bonds. The summed E-state index contributed by atoms with van der Waals surface area (Å²) in [5.74, 6) is -0.730. The van der Waals surface area contributed by atoms with Gasteiger partial charge in [-0.15, -0.1) is 0 Å². The maximum Gasteiger partial charge on any atom is 0.252 e. The van der Waals surface area contributed by atoms with E-state index in [9.17, 15) is 9.18 Å². The lowest BCUT2D eigenvalue weighted by Gasteiger charge is -2.26. The first-order valence-corrected chi connectivity index (χ1v) is 10.1. The molecule has 2 aromatic rings. The van der Waals surface area contributed by atoms with Crippen LogP contribution in [0.2, 0.25) is 0 Å². The number of carbonyl (C=O) groups is 1. The van der Waals surface area contributed by atoms with Crippen LogP contribution in [0.15, 0.2) is 18.2 Å². The SMILES string of the molecule is CCCC[C@@H](Nc1nc(Nc2cc(OC)nc(OC)c2)c(C(N)=O)cc1F)[C@H](C)NC. The number of likely N-dealkylation sites (N-methyl/N-ethyl adjacent to an activating group) is 1. The van der Waals surface area contributed by atoms with Gasteiger partial charge in [-0.1, -0.05) is 19.8 Å². The van der Waals surface area contributed by atoms with Crippen molar-refractivity contribution in [2.45, 2.75) is 45.2 Å². The normalized spacial score (nSPS) is 12.7. The first kappa shape index (κ1) is 24.1. The Morgan fingerprint density at radius 3 is 2.32 bits per heavy atom. The molecule has 10 heteroatoms. The number of halogens is 1. The fourth-order valence-electron chi connectivity index (χ4n) is 3.02. The Morgan fingerprint density at radius 1 is 1.16 bits per heavy atom. The quantitative estimate of drug-likeness (QED) is 0.402. The number of anilines is 3. The van der Waals surface area contributed by atoms with Crippen LogP contribution in [0.4, 0.5) is 21.7 Å². The Morgan fingerprint density at radius 2 is 1.81 bits per heavy atom. The van der Waals surface area contributed by atoms with Crippen molar-refractivity contribution in [3.8, 4) is 11.8 Å². The minimum Gasteiger partial charge on any atom is -0.481 e. The van der Waals surface area contributed by atoms with Crippen LogP contribution >= 0.6 is 0 Å². The molecular formula is C21H31FN6O3. The molecule has 31 heavy (non-hydrogen) atoms. The van der Waals surface area contributed by atoms with E-state index in [0.717, 1.165) is 25.3 Å². The van der Waals surface area contributed by atoms with Crippen molar-refractivity contribution in [3.05, 3.63) is 29.6 Å². The lowest BCUT2D eigenvalue weighted by Crippen LogP contribution is -2.40. The summed E-state index contributed by atoms with van der Waals surface area (Å²) in [6.07, 6.45) is 2.83. The van der Waals surface area contributed by atoms with Gasteiger partial charge in [-0.05, 0) is 26.5 Å². The van der Waals surface area contributed by atoms with Gasteiger partial charge in [0.2, 0.25) is 11.8 Å². The van der Waals surface area contributed by atoms with Gasteiger partial charge in [-0.3, -0.25) is 4.79 Å². The van der Waals surface area contributed by atoms with Crippen LogP contribution in [0.25, 0.3) is 0 Å². The second-order valence-electron chi connectivity index (χ2n) is 7.12. The van der Waals surface area contributed by atoms with E-state index in [1.165, 1.54) is 14.2 Å². The minimum absolute atomic E-state index is 0.0312. The van der Waals surface area contributed by atoms with Gasteiger partial charge >= 0.3 is 0 Å². The number of amides is 1. The zero-order valence-electron chi connectivity index (χ0n) is 18.6. The summed E-state index contributed by atoms with van der Waals surface area (Å²) in [6, 6.07) is 4.29. The Labute approximate surface area is 181 Å². The molecule has 0 unspecified atom stereocenters. The largest absolute Gasteiger partial charge is 0.481 e. The summed E-state index contributed by atoms with van der Waals surface area (Å²) in [6.45, 7) is 4.11. The first-order valence-electron chi connectivity index (χ1n) is 10.1. The summed E-state index contributed by atoms with van der Waals surface area (Å²) >= 11 is 0. The van der Waals surface area contributed by atoms with E-state index in [0.29, 0.717) is 17.4 Å². The van der Waals surface area contributed by atoms with Gasteiger partial charge in [0.1, 0.15) is 5.82 Å². The van der Waals surface area contributed by atoms with Crippen LogP contribution in [0.3, 0.4) is 0 Å². The number of aromatic nitrogens is 2. The molecule has 5 N–H and O–H groups in total. The third kappa shape index (κ3) is 6.42. The molecule has 0 aliphatic rings. The van der Waals surface area contributed by atoms with Crippen LogP contribution in [-0.4, -0.2) is 49.2 Å². The van der Waals surface area contributed by atoms with E-state index in [4.69, 9.17) is 15.2 Å². The first-order chi connectivity index (χ1) is 14.8. The van der Waals surface area contributed by atoms with Crippen LogP contribution in [0.1, 0.15) is 43.5 Å². The number of nitrogens with one attached hydrogen (secondary N) is 3. The number of nitrogens with two attached hydrogens (primary N) is 1. The molecule has 2 heterocycles. The zero-order chi connectivity index (χ0) is 23.0. The van der Waals surface area contributed by atoms with Gasteiger partial charge < -0.3 is 31.2 Å². The highest BCUT2D eigenvalue weighted by Gasteiger charge is 2.21. The Hall–Kier alpha value is -3.14. The number of unbranched alkanes of at least 4 members (excludes halogenated alkanes) is 1. The molecule has 9 nitrogen and oxygen atoms in total. The summed E-state index contributed by atoms with van der Waals surface area (Å²) in [7, 11) is 4.79. The predicted octanol–water partition coefficient (Wildman–Crippen LogP) is 3.05. The van der Waals surface area contributed by atoms with Gasteiger partial charge in [-0.2, -0.15) is 4.98 Å². The van der Waals surface area contributed by atoms with Crippen LogP contribution in [0, 0.1) is 5.82 Å². The van der Waals surface area contributed by atoms with Crippen molar-refractivity contribution >= 4 is 23.2 Å². The lowest BCUT2D eigenvalue weighted by atomic mass is 10.0. The zero-order valence-corrected chi connectivity index (χ0v) is 18.6. The molecule has 2 rings (SSSR count).